The third kappa shape index (κ3) is 9.06. The van der Waals surface area contributed by atoms with Crippen LogP contribution in [0.3, 0.4) is 0 Å². The van der Waals surface area contributed by atoms with Crippen molar-refractivity contribution in [3.8, 4) is 0 Å². The summed E-state index contributed by atoms with van der Waals surface area (Å²) in [5.74, 6) is -1.98. The average molecular weight is 938 g/mol. The van der Waals surface area contributed by atoms with E-state index >= 15 is 4.79 Å². The predicted octanol–water partition coefficient (Wildman–Crippen LogP) is 3.17. The van der Waals surface area contributed by atoms with E-state index in [9.17, 15) is 39.6 Å². The maximum Gasteiger partial charge on any atom is 0.408 e. The van der Waals surface area contributed by atoms with E-state index in [1.807, 2.05) is 0 Å². The van der Waals surface area contributed by atoms with Crippen LogP contribution >= 0.6 is 0 Å². The van der Waals surface area contributed by atoms with Gasteiger partial charge < -0.3 is 54.2 Å². The van der Waals surface area contributed by atoms with Crippen molar-refractivity contribution < 1.29 is 72.8 Å². The van der Waals surface area contributed by atoms with Gasteiger partial charge in [0.05, 0.1) is 42.3 Å². The second-order valence-electron chi connectivity index (χ2n) is 21.0. The monoisotopic (exact) mass is 937 g/mol. The van der Waals surface area contributed by atoms with Crippen LogP contribution in [0.15, 0.2) is 60.7 Å². The molecule has 67 heavy (non-hydrogen) atoms. The van der Waals surface area contributed by atoms with Crippen LogP contribution in [0, 0.1) is 34.5 Å². The van der Waals surface area contributed by atoms with Crippen molar-refractivity contribution in [3.63, 3.8) is 0 Å². The van der Waals surface area contributed by atoms with E-state index in [4.69, 9.17) is 34.3 Å². The number of esters is 4. The second kappa shape index (κ2) is 18.7. The number of carbonyl (C=O) groups excluding carboxylic acids is 5. The molecule has 8 N–H and O–H groups in total. The standard InChI is InChI=1S/C49H67N3O15/c1-25-31(63-43(59)37(64-42(58)29-19-20-30(21-29)52-50)35(27-15-11-9-12-16-27)51-44(60)67-45(3,4)5)23-49(61)40(65-41(57)28-17-13-10-14-18-28)38-47(8,39(56)36(55)34(25)46(49,6)7)32(54)22-33-48(38,24-62-33)66-26(2)53/h9-18,25,29-40,52,54-56,61H,19-24,50H2,1-8H3,(H,51,60)/t25-,29?,30?,31+,32+,33?,34?,35+,36-,37-,38+,39-,40+,47-,48+,49-/m0/s1. The molecule has 2 aromatic carbocycles. The normalized spacial score (nSPS) is 37.3. The lowest BCUT2D eigenvalue weighted by molar-refractivity contribution is -0.379. The first-order valence-corrected chi connectivity index (χ1v) is 23.1. The molecule has 2 bridgehead atoms. The first kappa shape index (κ1) is 50.2. The number of amides is 1. The number of hydrogen-bond acceptors (Lipinski definition) is 17. The summed E-state index contributed by atoms with van der Waals surface area (Å²) in [6, 6.07) is 14.7. The number of aliphatic hydroxyl groups excluding tert-OH is 3. The molecule has 0 radical (unpaired) electrons. The van der Waals surface area contributed by atoms with Crippen molar-refractivity contribution in [2.75, 3.05) is 6.61 Å². The Morgan fingerprint density at radius 2 is 1.55 bits per heavy atom. The van der Waals surface area contributed by atoms with Crippen LogP contribution in [0.5, 0.6) is 0 Å². The van der Waals surface area contributed by atoms with Crippen LogP contribution in [0.1, 0.15) is 109 Å². The van der Waals surface area contributed by atoms with Crippen molar-refractivity contribution in [2.24, 2.45) is 40.3 Å². The molecule has 4 saturated carbocycles. The molecule has 1 heterocycles. The van der Waals surface area contributed by atoms with Crippen LogP contribution in [0.2, 0.25) is 0 Å². The summed E-state index contributed by atoms with van der Waals surface area (Å²) in [6.45, 7) is 12.4. The summed E-state index contributed by atoms with van der Waals surface area (Å²) >= 11 is 0. The van der Waals surface area contributed by atoms with E-state index in [0.717, 1.165) is 0 Å². The van der Waals surface area contributed by atoms with E-state index in [2.05, 4.69) is 10.7 Å². The van der Waals surface area contributed by atoms with Crippen molar-refractivity contribution in [1.82, 2.24) is 10.7 Å². The van der Waals surface area contributed by atoms with E-state index in [1.165, 1.54) is 26.0 Å². The fourth-order valence-corrected chi connectivity index (χ4v) is 12.0. The molecule has 7 rings (SSSR count). The van der Waals surface area contributed by atoms with Gasteiger partial charge in [0.25, 0.3) is 0 Å². The number of hydrogen-bond donors (Lipinski definition) is 7. The van der Waals surface area contributed by atoms with Gasteiger partial charge in [-0.3, -0.25) is 20.9 Å². The summed E-state index contributed by atoms with van der Waals surface area (Å²) in [7, 11) is 0. The van der Waals surface area contributed by atoms with Gasteiger partial charge in [0.15, 0.2) is 5.60 Å². The Balaban J connectivity index is 1.35. The molecule has 0 aromatic heterocycles. The molecule has 18 nitrogen and oxygen atoms in total. The first-order chi connectivity index (χ1) is 31.4. The highest BCUT2D eigenvalue weighted by atomic mass is 16.6. The Hall–Kier alpha value is -4.69. The van der Waals surface area contributed by atoms with Crippen LogP contribution in [0.25, 0.3) is 0 Å². The Morgan fingerprint density at radius 1 is 0.910 bits per heavy atom. The SMILES string of the molecule is CC(=O)O[C@]12COC1C[C@@H](O)[C@@]1(C)[C@H]2[C@@H](OC(=O)c2ccccc2)[C@@]2(O)C[C@@H](OC(=O)[C@@H](OC(=O)C3CCC(NN)C3)[C@H](NC(=O)OC(C)(C)C)c3ccccc3)[C@H](C)C([C@H](O)[C@@H]1O)C2(C)C. The van der Waals surface area contributed by atoms with Gasteiger partial charge in [-0.1, -0.05) is 76.2 Å². The minimum absolute atomic E-state index is 0.0983. The van der Waals surface area contributed by atoms with Gasteiger partial charge in [-0.2, -0.15) is 0 Å². The van der Waals surface area contributed by atoms with Crippen LogP contribution in [-0.4, -0.2) is 123 Å². The third-order valence-electron chi connectivity index (χ3n) is 15.6. The van der Waals surface area contributed by atoms with Crippen molar-refractivity contribution >= 4 is 30.0 Å². The number of rotatable bonds is 11. The highest BCUT2D eigenvalue weighted by Gasteiger charge is 2.79. The maximum atomic E-state index is 15.1. The Bertz CT molecular complexity index is 2150. The highest BCUT2D eigenvalue weighted by Crippen LogP contribution is 2.66. The number of carbonyl (C=O) groups is 5. The largest absolute Gasteiger partial charge is 0.459 e. The minimum atomic E-state index is -2.31. The lowest BCUT2D eigenvalue weighted by atomic mass is 9.42. The topological polar surface area (TPSA) is 272 Å². The Kier molecular flexibility index (Phi) is 14.0. The molecule has 2 aromatic rings. The number of aliphatic hydroxyl groups is 4. The number of hydrazine groups is 1. The lowest BCUT2D eigenvalue weighted by Gasteiger charge is -2.70. The molecule has 1 aliphatic heterocycles. The summed E-state index contributed by atoms with van der Waals surface area (Å²) in [6.07, 6.45) is -11.2. The molecule has 1 saturated heterocycles. The first-order valence-electron chi connectivity index (χ1n) is 23.1. The fourth-order valence-electron chi connectivity index (χ4n) is 12.0. The van der Waals surface area contributed by atoms with Gasteiger partial charge in [-0.05, 0) is 63.6 Å². The average Bonchev–Trinajstić information content (AvgIpc) is 3.76. The molecule has 1 amide bonds. The zero-order chi connectivity index (χ0) is 49.0. The summed E-state index contributed by atoms with van der Waals surface area (Å²) < 4.78 is 36.6. The number of benzene rings is 2. The van der Waals surface area contributed by atoms with Crippen molar-refractivity contribution in [1.29, 1.82) is 0 Å². The van der Waals surface area contributed by atoms with Gasteiger partial charge in [-0.25, -0.2) is 14.4 Å². The molecule has 16 atom stereocenters. The van der Waals surface area contributed by atoms with E-state index in [-0.39, 0.29) is 24.6 Å². The molecule has 4 aliphatic carbocycles. The maximum absolute atomic E-state index is 15.1. The van der Waals surface area contributed by atoms with E-state index in [1.54, 1.807) is 90.1 Å². The molecule has 4 unspecified atom stereocenters. The van der Waals surface area contributed by atoms with Gasteiger partial charge in [-0.15, -0.1) is 0 Å². The van der Waals surface area contributed by atoms with Crippen molar-refractivity contribution in [2.45, 2.75) is 159 Å². The van der Waals surface area contributed by atoms with Gasteiger partial charge in [0.1, 0.15) is 35.6 Å². The molecule has 0 spiro atoms. The van der Waals surface area contributed by atoms with E-state index in [0.29, 0.717) is 24.8 Å². The summed E-state index contributed by atoms with van der Waals surface area (Å²) in [4.78, 5) is 70.1. The molecular formula is C49H67N3O15. The summed E-state index contributed by atoms with van der Waals surface area (Å²) in [5.41, 5.74) is -5.16. The molecular weight excluding hydrogens is 871 g/mol. The Morgan fingerprint density at radius 3 is 2.12 bits per heavy atom. The number of ether oxygens (including phenoxy) is 6. The quantitative estimate of drug-likeness (QED) is 0.0738. The third-order valence-corrected chi connectivity index (χ3v) is 15.6. The molecule has 18 heteroatoms. The molecule has 5 fully saturated rings. The van der Waals surface area contributed by atoms with Gasteiger partial charge >= 0.3 is 30.0 Å². The number of alkyl carbamates (subject to hydrolysis) is 1. The van der Waals surface area contributed by atoms with Crippen LogP contribution in [0.4, 0.5) is 4.79 Å². The molecule has 5 aliphatic rings. The van der Waals surface area contributed by atoms with Crippen LogP contribution < -0.4 is 16.6 Å². The predicted molar refractivity (Wildman–Crippen MR) is 237 cm³/mol. The molecule has 368 valence electrons. The number of nitrogens with two attached hydrogens (primary N) is 1. The van der Waals surface area contributed by atoms with Gasteiger partial charge in [0, 0.05) is 42.6 Å². The smallest absolute Gasteiger partial charge is 0.408 e. The highest BCUT2D eigenvalue weighted by molar-refractivity contribution is 5.89. The second-order valence-corrected chi connectivity index (χ2v) is 21.0. The fraction of sp³-hybridized carbons (Fsp3) is 0.653. The van der Waals surface area contributed by atoms with E-state index < -0.39 is 136 Å². The Labute approximate surface area is 390 Å². The van der Waals surface area contributed by atoms with Crippen LogP contribution in [-0.2, 0) is 42.8 Å². The zero-order valence-electron chi connectivity index (χ0n) is 39.4. The van der Waals surface area contributed by atoms with Crippen molar-refractivity contribution in [3.05, 3.63) is 71.8 Å². The summed E-state index contributed by atoms with van der Waals surface area (Å²) in [5, 5.41) is 53.8. The number of fused-ring (bicyclic) bond motifs is 5. The minimum Gasteiger partial charge on any atom is -0.459 e. The number of nitrogens with one attached hydrogen (secondary N) is 2. The van der Waals surface area contributed by atoms with Gasteiger partial charge in [0.2, 0.25) is 6.10 Å². The lowest BCUT2D eigenvalue weighted by Crippen LogP contribution is -2.83. The zero-order valence-corrected chi connectivity index (χ0v) is 39.4.